The van der Waals surface area contributed by atoms with Gasteiger partial charge in [0.05, 0.1) is 6.61 Å². The highest BCUT2D eigenvalue weighted by molar-refractivity contribution is 6.38. The summed E-state index contributed by atoms with van der Waals surface area (Å²) >= 11 is 6.32. The highest BCUT2D eigenvalue weighted by Gasteiger charge is 2.71. The van der Waals surface area contributed by atoms with Crippen molar-refractivity contribution in [1.29, 1.82) is 0 Å². The largest absolute Gasteiger partial charge is 0.464 e. The van der Waals surface area contributed by atoms with Crippen LogP contribution in [0.3, 0.4) is 0 Å². The van der Waals surface area contributed by atoms with E-state index in [0.29, 0.717) is 6.61 Å². The maximum absolute atomic E-state index is 11.6. The molecule has 1 aliphatic carbocycles. The lowest BCUT2D eigenvalue weighted by molar-refractivity contribution is -0.147. The number of ether oxygens (including phenoxy) is 1. The standard InChI is InChI=1S/C12H11ClO2/c13-12-9(6-7-15-11(12)14)10(12)8-4-2-1-3-5-8/h1-5,9-10H,6-7H2/t9-,10-,12+/m1/s1. The molecule has 1 aromatic rings. The zero-order chi connectivity index (χ0) is 10.5. The first kappa shape index (κ1) is 9.22. The molecule has 1 heterocycles. The molecule has 0 aromatic heterocycles. The Kier molecular flexibility index (Phi) is 1.84. The van der Waals surface area contributed by atoms with Gasteiger partial charge in [0, 0.05) is 11.8 Å². The molecule has 15 heavy (non-hydrogen) atoms. The van der Waals surface area contributed by atoms with Crippen LogP contribution in [0.5, 0.6) is 0 Å². The summed E-state index contributed by atoms with van der Waals surface area (Å²) in [5.74, 6) is 0.174. The Bertz CT molecular complexity index is 403. The van der Waals surface area contributed by atoms with Crippen molar-refractivity contribution in [2.24, 2.45) is 5.92 Å². The van der Waals surface area contributed by atoms with Crippen molar-refractivity contribution in [3.8, 4) is 0 Å². The third-order valence-corrected chi connectivity index (χ3v) is 4.09. The third kappa shape index (κ3) is 1.14. The Balaban J connectivity index is 1.95. The highest BCUT2D eigenvalue weighted by atomic mass is 35.5. The summed E-state index contributed by atoms with van der Waals surface area (Å²) < 4.78 is 5.02. The molecule has 0 N–H and O–H groups in total. The van der Waals surface area contributed by atoms with Crippen molar-refractivity contribution in [1.82, 2.24) is 0 Å². The van der Waals surface area contributed by atoms with Crippen molar-refractivity contribution >= 4 is 17.6 Å². The molecule has 2 aliphatic rings. The molecule has 0 unspecified atom stereocenters. The second-order valence-corrected chi connectivity index (χ2v) is 4.81. The Morgan fingerprint density at radius 3 is 2.73 bits per heavy atom. The molecular weight excluding hydrogens is 212 g/mol. The van der Waals surface area contributed by atoms with E-state index in [0.717, 1.165) is 12.0 Å². The van der Waals surface area contributed by atoms with Crippen LogP contribution in [0.25, 0.3) is 0 Å². The average molecular weight is 223 g/mol. The van der Waals surface area contributed by atoms with Crippen molar-refractivity contribution in [3.05, 3.63) is 35.9 Å². The molecule has 1 saturated heterocycles. The van der Waals surface area contributed by atoms with Gasteiger partial charge in [0.25, 0.3) is 0 Å². The number of esters is 1. The zero-order valence-corrected chi connectivity index (χ0v) is 8.91. The van der Waals surface area contributed by atoms with E-state index < -0.39 is 4.87 Å². The van der Waals surface area contributed by atoms with Crippen LogP contribution in [0, 0.1) is 5.92 Å². The molecule has 1 saturated carbocycles. The smallest absolute Gasteiger partial charge is 0.328 e. The number of cyclic esters (lactones) is 1. The minimum atomic E-state index is -0.764. The van der Waals surface area contributed by atoms with Gasteiger partial charge < -0.3 is 4.74 Å². The fraction of sp³-hybridized carbons (Fsp3) is 0.417. The molecule has 1 aliphatic heterocycles. The van der Waals surface area contributed by atoms with Gasteiger partial charge in [0.2, 0.25) is 0 Å². The van der Waals surface area contributed by atoms with E-state index in [9.17, 15) is 4.79 Å². The molecule has 1 aromatic carbocycles. The Morgan fingerprint density at radius 1 is 1.33 bits per heavy atom. The van der Waals surface area contributed by atoms with Gasteiger partial charge in [0.1, 0.15) is 0 Å². The molecule has 3 heteroatoms. The summed E-state index contributed by atoms with van der Waals surface area (Å²) in [6, 6.07) is 9.98. The predicted octanol–water partition coefficient (Wildman–Crippen LogP) is 2.32. The van der Waals surface area contributed by atoms with Crippen molar-refractivity contribution in [3.63, 3.8) is 0 Å². The number of rotatable bonds is 1. The van der Waals surface area contributed by atoms with Crippen LogP contribution in [0.4, 0.5) is 0 Å². The molecule has 3 rings (SSSR count). The van der Waals surface area contributed by atoms with E-state index in [-0.39, 0.29) is 17.8 Å². The lowest BCUT2D eigenvalue weighted by Crippen LogP contribution is -2.27. The molecule has 0 bridgehead atoms. The van der Waals surface area contributed by atoms with Crippen LogP contribution in [0.2, 0.25) is 0 Å². The van der Waals surface area contributed by atoms with Crippen LogP contribution < -0.4 is 0 Å². The van der Waals surface area contributed by atoms with Crippen LogP contribution in [-0.4, -0.2) is 17.5 Å². The summed E-state index contributed by atoms with van der Waals surface area (Å²) in [4.78, 5) is 10.8. The van der Waals surface area contributed by atoms with E-state index in [1.54, 1.807) is 0 Å². The number of alkyl halides is 1. The highest BCUT2D eigenvalue weighted by Crippen LogP contribution is 2.65. The van der Waals surface area contributed by atoms with Gasteiger partial charge in [-0.1, -0.05) is 30.3 Å². The normalized spacial score (nSPS) is 38.1. The van der Waals surface area contributed by atoms with E-state index in [4.69, 9.17) is 16.3 Å². The predicted molar refractivity (Wildman–Crippen MR) is 56.8 cm³/mol. The molecule has 2 nitrogen and oxygen atoms in total. The Hall–Kier alpha value is -1.02. The number of benzene rings is 1. The van der Waals surface area contributed by atoms with Crippen molar-refractivity contribution < 1.29 is 9.53 Å². The number of carbonyl (C=O) groups is 1. The Labute approximate surface area is 93.2 Å². The first-order valence-corrected chi connectivity index (χ1v) is 5.53. The van der Waals surface area contributed by atoms with Crippen LogP contribution in [-0.2, 0) is 9.53 Å². The molecular formula is C12H11ClO2. The van der Waals surface area contributed by atoms with Gasteiger partial charge in [0.15, 0.2) is 4.87 Å². The number of carbonyl (C=O) groups excluding carboxylic acids is 1. The van der Waals surface area contributed by atoms with E-state index in [2.05, 4.69) is 0 Å². The zero-order valence-electron chi connectivity index (χ0n) is 8.15. The molecule has 0 radical (unpaired) electrons. The minimum Gasteiger partial charge on any atom is -0.464 e. The first-order chi connectivity index (χ1) is 7.24. The summed E-state index contributed by atoms with van der Waals surface area (Å²) in [6.45, 7) is 0.515. The summed E-state index contributed by atoms with van der Waals surface area (Å²) in [6.07, 6.45) is 0.884. The maximum atomic E-state index is 11.6. The van der Waals surface area contributed by atoms with Crippen molar-refractivity contribution in [2.45, 2.75) is 17.2 Å². The average Bonchev–Trinajstić information content (AvgIpc) is 2.88. The van der Waals surface area contributed by atoms with E-state index in [1.807, 2.05) is 30.3 Å². The third-order valence-electron chi connectivity index (χ3n) is 3.42. The summed E-state index contributed by atoms with van der Waals surface area (Å²) in [5, 5.41) is 0. The Morgan fingerprint density at radius 2 is 2.07 bits per heavy atom. The minimum absolute atomic E-state index is 0.148. The second kappa shape index (κ2) is 2.99. The summed E-state index contributed by atoms with van der Waals surface area (Å²) in [7, 11) is 0. The molecule has 3 atom stereocenters. The van der Waals surface area contributed by atoms with Gasteiger partial charge in [-0.15, -0.1) is 11.6 Å². The van der Waals surface area contributed by atoms with Crippen LogP contribution in [0.1, 0.15) is 17.9 Å². The fourth-order valence-electron chi connectivity index (χ4n) is 2.60. The number of hydrogen-bond acceptors (Lipinski definition) is 2. The van der Waals surface area contributed by atoms with E-state index in [1.165, 1.54) is 0 Å². The number of halogens is 1. The number of hydrogen-bond donors (Lipinski definition) is 0. The maximum Gasteiger partial charge on any atom is 0.328 e. The lowest BCUT2D eigenvalue weighted by Gasteiger charge is -2.14. The first-order valence-electron chi connectivity index (χ1n) is 5.15. The molecule has 0 amide bonds. The molecule has 0 spiro atoms. The summed E-state index contributed by atoms with van der Waals surface area (Å²) in [5.41, 5.74) is 1.15. The SMILES string of the molecule is O=C1OCC[C@@H]2[C@@H](c3ccccc3)[C@]12Cl. The van der Waals surface area contributed by atoms with Crippen LogP contribution in [0.15, 0.2) is 30.3 Å². The molecule has 78 valence electrons. The second-order valence-electron chi connectivity index (χ2n) is 4.19. The van der Waals surface area contributed by atoms with E-state index >= 15 is 0 Å². The van der Waals surface area contributed by atoms with Gasteiger partial charge in [-0.05, 0) is 12.0 Å². The molecule has 2 fully saturated rings. The van der Waals surface area contributed by atoms with Gasteiger partial charge >= 0.3 is 5.97 Å². The monoisotopic (exact) mass is 222 g/mol. The van der Waals surface area contributed by atoms with Gasteiger partial charge in [-0.3, -0.25) is 4.79 Å². The van der Waals surface area contributed by atoms with Crippen LogP contribution >= 0.6 is 11.6 Å². The van der Waals surface area contributed by atoms with Gasteiger partial charge in [-0.2, -0.15) is 0 Å². The van der Waals surface area contributed by atoms with Crippen molar-refractivity contribution in [2.75, 3.05) is 6.61 Å². The number of fused-ring (bicyclic) bond motifs is 1. The quantitative estimate of drug-likeness (QED) is 0.539. The fourth-order valence-corrected chi connectivity index (χ4v) is 3.11. The van der Waals surface area contributed by atoms with Gasteiger partial charge in [-0.25, -0.2) is 0 Å². The lowest BCUT2D eigenvalue weighted by atomic mass is 10.1. The topological polar surface area (TPSA) is 26.3 Å².